The van der Waals surface area contributed by atoms with Gasteiger partial charge in [-0.25, -0.2) is 5.01 Å². The molecule has 1 atom stereocenters. The minimum Gasteiger partial charge on any atom is -0.497 e. The second-order valence-corrected chi connectivity index (χ2v) is 6.74. The van der Waals surface area contributed by atoms with Crippen LogP contribution in [0.1, 0.15) is 23.6 Å². The summed E-state index contributed by atoms with van der Waals surface area (Å²) < 4.78 is 5.23. The van der Waals surface area contributed by atoms with Crippen molar-refractivity contribution in [3.63, 3.8) is 0 Å². The van der Waals surface area contributed by atoms with Gasteiger partial charge < -0.3 is 4.74 Å². The quantitative estimate of drug-likeness (QED) is 0.614. The maximum Gasteiger partial charge on any atom is 0.258 e. The van der Waals surface area contributed by atoms with E-state index >= 15 is 0 Å². The molecule has 3 aromatic carbocycles. The zero-order chi connectivity index (χ0) is 18.8. The molecule has 0 spiro atoms. The lowest BCUT2D eigenvalue weighted by molar-refractivity contribution is -0.130. The zero-order valence-corrected chi connectivity index (χ0v) is 15.7. The van der Waals surface area contributed by atoms with Crippen LogP contribution in [-0.2, 0) is 4.79 Å². The van der Waals surface area contributed by atoms with Crippen LogP contribution in [-0.4, -0.2) is 29.6 Å². The van der Waals surface area contributed by atoms with Gasteiger partial charge in [0.1, 0.15) is 11.6 Å². The van der Waals surface area contributed by atoms with E-state index in [1.807, 2.05) is 36.4 Å². The number of alkyl halides is 1. The first-order valence-electron chi connectivity index (χ1n) is 8.78. The predicted octanol–water partition coefficient (Wildman–Crippen LogP) is 4.76. The van der Waals surface area contributed by atoms with Gasteiger partial charge in [0.05, 0.1) is 18.9 Å². The van der Waals surface area contributed by atoms with Gasteiger partial charge in [0.2, 0.25) is 0 Å². The number of carbonyl (C=O) groups excluding carboxylic acids is 1. The minimum absolute atomic E-state index is 0.0961. The number of nitrogens with zero attached hydrogens (tertiary/aromatic N) is 2. The number of carbonyl (C=O) groups is 1. The van der Waals surface area contributed by atoms with E-state index in [-0.39, 0.29) is 17.8 Å². The lowest BCUT2D eigenvalue weighted by Gasteiger charge is -2.21. The average Bonchev–Trinajstić information content (AvgIpc) is 3.18. The van der Waals surface area contributed by atoms with Crippen LogP contribution in [0, 0.1) is 0 Å². The van der Waals surface area contributed by atoms with Crippen LogP contribution in [0.2, 0.25) is 0 Å². The van der Waals surface area contributed by atoms with Crippen molar-refractivity contribution in [3.8, 4) is 5.75 Å². The number of hydrogen-bond donors (Lipinski definition) is 0. The molecule has 1 heterocycles. The summed E-state index contributed by atoms with van der Waals surface area (Å²) in [6.07, 6.45) is 0.646. The Morgan fingerprint density at radius 3 is 2.56 bits per heavy atom. The van der Waals surface area contributed by atoms with Crippen molar-refractivity contribution in [2.24, 2.45) is 5.10 Å². The van der Waals surface area contributed by atoms with Gasteiger partial charge in [-0.05, 0) is 40.1 Å². The van der Waals surface area contributed by atoms with Gasteiger partial charge in [0.15, 0.2) is 0 Å². The number of benzene rings is 3. The highest BCUT2D eigenvalue weighted by molar-refractivity contribution is 6.27. The summed E-state index contributed by atoms with van der Waals surface area (Å²) in [4.78, 5) is 12.4. The Morgan fingerprint density at radius 2 is 1.85 bits per heavy atom. The molecule has 0 saturated carbocycles. The molecule has 4 nitrogen and oxygen atoms in total. The highest BCUT2D eigenvalue weighted by Gasteiger charge is 2.32. The summed E-state index contributed by atoms with van der Waals surface area (Å²) in [7, 11) is 1.63. The Kier molecular flexibility index (Phi) is 4.82. The summed E-state index contributed by atoms with van der Waals surface area (Å²) in [5.74, 6) is 0.483. The van der Waals surface area contributed by atoms with E-state index in [0.29, 0.717) is 6.42 Å². The maximum absolute atomic E-state index is 12.4. The molecular formula is C22H19ClN2O2. The van der Waals surface area contributed by atoms with Gasteiger partial charge in [-0.2, -0.15) is 5.10 Å². The fraction of sp³-hybridized carbons (Fsp3) is 0.182. The monoisotopic (exact) mass is 378 g/mol. The molecule has 0 fully saturated rings. The standard InChI is InChI=1S/C22H19ClN2O2/c1-27-19-10-8-16(9-11-19)21-13-20(24-25(21)22(26)14-23)18-7-6-15-4-2-3-5-17(15)12-18/h2-12,21H,13-14H2,1H3. The topological polar surface area (TPSA) is 41.9 Å². The summed E-state index contributed by atoms with van der Waals surface area (Å²) in [6, 6.07) is 22.0. The highest BCUT2D eigenvalue weighted by Crippen LogP contribution is 2.34. The number of rotatable bonds is 4. The molecule has 0 aliphatic carbocycles. The van der Waals surface area contributed by atoms with Crippen LogP contribution in [0.5, 0.6) is 5.75 Å². The van der Waals surface area contributed by atoms with E-state index in [0.717, 1.165) is 28.0 Å². The molecule has 0 aromatic heterocycles. The van der Waals surface area contributed by atoms with Crippen molar-refractivity contribution >= 4 is 34.0 Å². The molecule has 0 N–H and O–H groups in total. The average molecular weight is 379 g/mol. The van der Waals surface area contributed by atoms with Crippen LogP contribution in [0.25, 0.3) is 10.8 Å². The number of ether oxygens (including phenoxy) is 1. The first kappa shape index (κ1) is 17.6. The van der Waals surface area contributed by atoms with Gasteiger partial charge >= 0.3 is 0 Å². The summed E-state index contributed by atoms with van der Waals surface area (Å²) in [6.45, 7) is 0. The Labute approximate surface area is 163 Å². The molecule has 0 radical (unpaired) electrons. The molecule has 27 heavy (non-hydrogen) atoms. The molecule has 136 valence electrons. The molecular weight excluding hydrogens is 360 g/mol. The SMILES string of the molecule is COc1ccc(C2CC(c3ccc4ccccc4c3)=NN2C(=O)CCl)cc1. The van der Waals surface area contributed by atoms with Crippen LogP contribution in [0.3, 0.4) is 0 Å². The molecule has 3 aromatic rings. The molecule has 0 saturated heterocycles. The molecule has 5 heteroatoms. The Balaban J connectivity index is 1.69. The van der Waals surface area contributed by atoms with Gasteiger partial charge in [0.25, 0.3) is 5.91 Å². The van der Waals surface area contributed by atoms with Gasteiger partial charge in [-0.3, -0.25) is 4.79 Å². The van der Waals surface area contributed by atoms with Gasteiger partial charge in [-0.15, -0.1) is 11.6 Å². The van der Waals surface area contributed by atoms with Crippen molar-refractivity contribution in [2.75, 3.05) is 13.0 Å². The summed E-state index contributed by atoms with van der Waals surface area (Å²) >= 11 is 5.82. The number of hydrogen-bond acceptors (Lipinski definition) is 3. The Bertz CT molecular complexity index is 1010. The first-order valence-corrected chi connectivity index (χ1v) is 9.31. The van der Waals surface area contributed by atoms with E-state index in [1.54, 1.807) is 7.11 Å². The number of halogens is 1. The van der Waals surface area contributed by atoms with Crippen molar-refractivity contribution in [3.05, 3.63) is 77.9 Å². The highest BCUT2D eigenvalue weighted by atomic mass is 35.5. The van der Waals surface area contributed by atoms with E-state index < -0.39 is 0 Å². The van der Waals surface area contributed by atoms with Crippen molar-refractivity contribution < 1.29 is 9.53 Å². The first-order chi connectivity index (χ1) is 13.2. The normalized spacial score (nSPS) is 16.4. The van der Waals surface area contributed by atoms with Gasteiger partial charge in [0, 0.05) is 6.42 Å². The number of methoxy groups -OCH3 is 1. The van der Waals surface area contributed by atoms with Crippen LogP contribution < -0.4 is 4.74 Å². The second kappa shape index (κ2) is 7.41. The molecule has 1 aliphatic heterocycles. The fourth-order valence-corrected chi connectivity index (χ4v) is 3.55. The third-order valence-electron chi connectivity index (χ3n) is 4.86. The minimum atomic E-state index is -0.201. The molecule has 1 amide bonds. The second-order valence-electron chi connectivity index (χ2n) is 6.47. The maximum atomic E-state index is 12.4. The van der Waals surface area contributed by atoms with E-state index in [2.05, 4.69) is 35.4 Å². The third-order valence-corrected chi connectivity index (χ3v) is 5.09. The van der Waals surface area contributed by atoms with Crippen molar-refractivity contribution in [1.82, 2.24) is 5.01 Å². The number of amides is 1. The largest absolute Gasteiger partial charge is 0.497 e. The summed E-state index contributed by atoms with van der Waals surface area (Å²) in [5.41, 5.74) is 2.92. The fourth-order valence-electron chi connectivity index (χ4n) is 3.43. The summed E-state index contributed by atoms with van der Waals surface area (Å²) in [5, 5.41) is 8.47. The van der Waals surface area contributed by atoms with Gasteiger partial charge in [-0.1, -0.05) is 48.5 Å². The van der Waals surface area contributed by atoms with E-state index in [4.69, 9.17) is 16.3 Å². The smallest absolute Gasteiger partial charge is 0.258 e. The van der Waals surface area contributed by atoms with E-state index in [9.17, 15) is 4.79 Å². The number of hydrazone groups is 1. The molecule has 0 bridgehead atoms. The predicted molar refractivity (Wildman–Crippen MR) is 108 cm³/mol. The lowest BCUT2D eigenvalue weighted by atomic mass is 9.97. The molecule has 1 aliphatic rings. The third kappa shape index (κ3) is 3.40. The van der Waals surface area contributed by atoms with E-state index in [1.165, 1.54) is 10.4 Å². The molecule has 1 unspecified atom stereocenters. The molecule has 4 rings (SSSR count). The Hall–Kier alpha value is -2.85. The lowest BCUT2D eigenvalue weighted by Crippen LogP contribution is -2.27. The van der Waals surface area contributed by atoms with Crippen LogP contribution >= 0.6 is 11.6 Å². The van der Waals surface area contributed by atoms with Crippen LogP contribution in [0.15, 0.2) is 71.8 Å². The van der Waals surface area contributed by atoms with Crippen molar-refractivity contribution in [2.45, 2.75) is 12.5 Å². The van der Waals surface area contributed by atoms with Crippen molar-refractivity contribution in [1.29, 1.82) is 0 Å². The zero-order valence-electron chi connectivity index (χ0n) is 14.9. The number of fused-ring (bicyclic) bond motifs is 1. The van der Waals surface area contributed by atoms with Crippen LogP contribution in [0.4, 0.5) is 0 Å². The Morgan fingerprint density at radius 1 is 1.11 bits per heavy atom.